The van der Waals surface area contributed by atoms with Crippen molar-refractivity contribution in [2.75, 3.05) is 26.0 Å². The number of rotatable bonds is 6. The van der Waals surface area contributed by atoms with E-state index in [4.69, 9.17) is 0 Å². The van der Waals surface area contributed by atoms with E-state index in [-0.39, 0.29) is 11.9 Å². The average Bonchev–Trinajstić information content (AvgIpc) is 3.20. The van der Waals surface area contributed by atoms with Crippen molar-refractivity contribution in [1.82, 2.24) is 19.2 Å². The monoisotopic (exact) mass is 339 g/mol. The van der Waals surface area contributed by atoms with Crippen LogP contribution in [0.5, 0.6) is 0 Å². The molecule has 3 aromatic rings. The molecule has 25 heavy (non-hydrogen) atoms. The van der Waals surface area contributed by atoms with E-state index in [9.17, 15) is 4.79 Å². The molecule has 0 aliphatic rings. The van der Waals surface area contributed by atoms with Gasteiger partial charge in [-0.15, -0.1) is 0 Å². The number of nitrogens with zero attached hydrogens (tertiary/aromatic N) is 4. The van der Waals surface area contributed by atoms with Gasteiger partial charge in [0.05, 0.1) is 5.52 Å². The van der Waals surface area contributed by atoms with Gasteiger partial charge in [-0.3, -0.25) is 9.48 Å². The molecule has 6 nitrogen and oxygen atoms in total. The zero-order valence-electron chi connectivity index (χ0n) is 15.2. The van der Waals surface area contributed by atoms with Crippen LogP contribution in [0, 0.1) is 0 Å². The number of anilines is 1. The summed E-state index contributed by atoms with van der Waals surface area (Å²) in [6.07, 6.45) is 3.92. The van der Waals surface area contributed by atoms with E-state index in [0.717, 1.165) is 24.3 Å². The minimum absolute atomic E-state index is 0.190. The van der Waals surface area contributed by atoms with Gasteiger partial charge < -0.3 is 14.8 Å². The molecule has 0 spiro atoms. The largest absolute Gasteiger partial charge is 0.346 e. The van der Waals surface area contributed by atoms with E-state index in [1.165, 1.54) is 5.39 Å². The predicted molar refractivity (Wildman–Crippen MR) is 101 cm³/mol. The summed E-state index contributed by atoms with van der Waals surface area (Å²) in [5.74, 6) is -0.190. The number of fused-ring (bicyclic) bond motifs is 1. The van der Waals surface area contributed by atoms with E-state index in [0.29, 0.717) is 5.69 Å². The van der Waals surface area contributed by atoms with Crippen molar-refractivity contribution in [1.29, 1.82) is 0 Å². The molecule has 0 unspecified atom stereocenters. The first-order valence-electron chi connectivity index (χ1n) is 8.54. The van der Waals surface area contributed by atoms with Gasteiger partial charge in [0.1, 0.15) is 0 Å². The van der Waals surface area contributed by atoms with Crippen LogP contribution < -0.4 is 5.32 Å². The molecule has 0 saturated carbocycles. The maximum absolute atomic E-state index is 12.4. The second kappa shape index (κ2) is 7.11. The van der Waals surface area contributed by atoms with Crippen LogP contribution in [-0.4, -0.2) is 45.8 Å². The molecule has 0 aliphatic carbocycles. The van der Waals surface area contributed by atoms with Crippen molar-refractivity contribution >= 4 is 22.5 Å². The standard InChI is InChI=1S/C19H25N5O/c1-14(2)24-10-8-17(21-24)19(25)20-16-6-5-15-7-9-23(18(15)13-16)12-11-22(3)4/h5-10,13-14H,11-12H2,1-4H3,(H,20,25). The second-order valence-corrected chi connectivity index (χ2v) is 6.81. The van der Waals surface area contributed by atoms with E-state index in [2.05, 4.69) is 46.2 Å². The molecule has 0 radical (unpaired) electrons. The van der Waals surface area contributed by atoms with Crippen molar-refractivity contribution in [3.8, 4) is 0 Å². The number of hydrogen-bond donors (Lipinski definition) is 1. The van der Waals surface area contributed by atoms with E-state index in [1.54, 1.807) is 10.7 Å². The Balaban J connectivity index is 1.78. The Labute approximate surface area is 148 Å². The first kappa shape index (κ1) is 17.2. The lowest BCUT2D eigenvalue weighted by atomic mass is 10.2. The van der Waals surface area contributed by atoms with Crippen molar-refractivity contribution in [3.63, 3.8) is 0 Å². The zero-order chi connectivity index (χ0) is 18.0. The Kier molecular flexibility index (Phi) is 4.90. The van der Waals surface area contributed by atoms with Crippen LogP contribution in [0.4, 0.5) is 5.69 Å². The molecule has 1 N–H and O–H groups in total. The van der Waals surface area contributed by atoms with Crippen molar-refractivity contribution in [3.05, 3.63) is 48.4 Å². The van der Waals surface area contributed by atoms with E-state index >= 15 is 0 Å². The number of carbonyl (C=O) groups excluding carboxylic acids is 1. The molecule has 1 aromatic carbocycles. The highest BCUT2D eigenvalue weighted by molar-refractivity contribution is 6.03. The Bertz CT molecular complexity index is 875. The summed E-state index contributed by atoms with van der Waals surface area (Å²) in [7, 11) is 4.13. The van der Waals surface area contributed by atoms with Crippen molar-refractivity contribution < 1.29 is 4.79 Å². The number of benzene rings is 1. The third-order valence-electron chi connectivity index (χ3n) is 4.19. The molecule has 132 valence electrons. The lowest BCUT2D eigenvalue weighted by Crippen LogP contribution is -2.18. The average molecular weight is 339 g/mol. The number of aromatic nitrogens is 3. The molecular formula is C19H25N5O. The van der Waals surface area contributed by atoms with E-state index in [1.807, 2.05) is 38.2 Å². The van der Waals surface area contributed by atoms with Crippen LogP contribution in [0.1, 0.15) is 30.4 Å². The van der Waals surface area contributed by atoms with Crippen LogP contribution in [-0.2, 0) is 6.54 Å². The van der Waals surface area contributed by atoms with E-state index < -0.39 is 0 Å². The molecule has 2 aromatic heterocycles. The van der Waals surface area contributed by atoms with Gasteiger partial charge in [0.25, 0.3) is 5.91 Å². The van der Waals surface area contributed by atoms with Gasteiger partial charge in [-0.25, -0.2) is 0 Å². The van der Waals surface area contributed by atoms with Gasteiger partial charge >= 0.3 is 0 Å². The number of likely N-dealkylation sites (N-methyl/N-ethyl adjacent to an activating group) is 1. The molecule has 0 atom stereocenters. The zero-order valence-corrected chi connectivity index (χ0v) is 15.2. The number of carbonyl (C=O) groups is 1. The molecular weight excluding hydrogens is 314 g/mol. The molecule has 0 bridgehead atoms. The summed E-state index contributed by atoms with van der Waals surface area (Å²) >= 11 is 0. The summed E-state index contributed by atoms with van der Waals surface area (Å²) in [4.78, 5) is 14.6. The SMILES string of the molecule is CC(C)n1ccc(C(=O)Nc2ccc3ccn(CCN(C)C)c3c2)n1. The lowest BCUT2D eigenvalue weighted by molar-refractivity contribution is 0.102. The third kappa shape index (κ3) is 3.91. The highest BCUT2D eigenvalue weighted by Gasteiger charge is 2.12. The highest BCUT2D eigenvalue weighted by atomic mass is 16.1. The van der Waals surface area contributed by atoms with Crippen LogP contribution in [0.15, 0.2) is 42.7 Å². The molecule has 6 heteroatoms. The third-order valence-corrected chi connectivity index (χ3v) is 4.19. The molecule has 3 rings (SSSR count). The Morgan fingerprint density at radius 1 is 1.20 bits per heavy atom. The molecule has 0 fully saturated rings. The van der Waals surface area contributed by atoms with Crippen molar-refractivity contribution in [2.45, 2.75) is 26.4 Å². The molecule has 1 amide bonds. The lowest BCUT2D eigenvalue weighted by Gasteiger charge is -2.12. The topological polar surface area (TPSA) is 55.1 Å². The van der Waals surface area contributed by atoms with Crippen LogP contribution in [0.3, 0.4) is 0 Å². The quantitative estimate of drug-likeness (QED) is 0.750. The molecule has 0 saturated heterocycles. The smallest absolute Gasteiger partial charge is 0.276 e. The summed E-state index contributed by atoms with van der Waals surface area (Å²) in [5.41, 5.74) is 2.32. The number of nitrogens with one attached hydrogen (secondary N) is 1. The minimum Gasteiger partial charge on any atom is -0.346 e. The first-order chi connectivity index (χ1) is 11.9. The normalized spacial score (nSPS) is 11.6. The Hall–Kier alpha value is -2.60. The summed E-state index contributed by atoms with van der Waals surface area (Å²) < 4.78 is 3.99. The molecule has 2 heterocycles. The van der Waals surface area contributed by atoms with Crippen LogP contribution >= 0.6 is 0 Å². The van der Waals surface area contributed by atoms with Crippen LogP contribution in [0.25, 0.3) is 10.9 Å². The van der Waals surface area contributed by atoms with Gasteiger partial charge in [-0.05, 0) is 57.6 Å². The Morgan fingerprint density at radius 3 is 2.68 bits per heavy atom. The second-order valence-electron chi connectivity index (χ2n) is 6.81. The summed E-state index contributed by atoms with van der Waals surface area (Å²) in [6, 6.07) is 10.1. The first-order valence-corrected chi connectivity index (χ1v) is 8.54. The van der Waals surface area contributed by atoms with Gasteiger partial charge in [0.2, 0.25) is 0 Å². The van der Waals surface area contributed by atoms with Gasteiger partial charge in [0.15, 0.2) is 5.69 Å². The maximum Gasteiger partial charge on any atom is 0.276 e. The summed E-state index contributed by atoms with van der Waals surface area (Å²) in [6.45, 7) is 5.94. The van der Waals surface area contributed by atoms with Gasteiger partial charge in [-0.2, -0.15) is 5.10 Å². The predicted octanol–water partition coefficient (Wildman–Crippen LogP) is 3.23. The number of hydrogen-bond acceptors (Lipinski definition) is 3. The highest BCUT2D eigenvalue weighted by Crippen LogP contribution is 2.21. The maximum atomic E-state index is 12.4. The fourth-order valence-corrected chi connectivity index (χ4v) is 2.71. The fraction of sp³-hybridized carbons (Fsp3) is 0.368. The fourth-order valence-electron chi connectivity index (χ4n) is 2.71. The Morgan fingerprint density at radius 2 is 2.00 bits per heavy atom. The minimum atomic E-state index is -0.190. The van der Waals surface area contributed by atoms with Crippen LogP contribution in [0.2, 0.25) is 0 Å². The number of amides is 1. The van der Waals surface area contributed by atoms with Crippen molar-refractivity contribution in [2.24, 2.45) is 0 Å². The van der Waals surface area contributed by atoms with Gasteiger partial charge in [0, 0.05) is 37.2 Å². The molecule has 0 aliphatic heterocycles. The van der Waals surface area contributed by atoms with Gasteiger partial charge in [-0.1, -0.05) is 6.07 Å². The summed E-state index contributed by atoms with van der Waals surface area (Å²) in [5, 5.41) is 8.43.